The van der Waals surface area contributed by atoms with Crippen LogP contribution in [-0.4, -0.2) is 49.2 Å². The minimum atomic E-state index is -4.39. The van der Waals surface area contributed by atoms with Gasteiger partial charge in [0, 0.05) is 0 Å². The molecule has 0 bridgehead atoms. The van der Waals surface area contributed by atoms with Crippen molar-refractivity contribution in [2.24, 2.45) is 0 Å². The van der Waals surface area contributed by atoms with E-state index in [4.69, 9.17) is 4.74 Å². The molecule has 1 aliphatic rings. The topological polar surface area (TPSA) is 67.8 Å². The number of amides is 1. The molecule has 1 aliphatic heterocycles. The largest absolute Gasteiger partial charge is 0.484 e. The van der Waals surface area contributed by atoms with E-state index in [1.54, 1.807) is 0 Å². The van der Waals surface area contributed by atoms with Gasteiger partial charge in [0.05, 0.1) is 31.8 Å². The van der Waals surface area contributed by atoms with Crippen molar-refractivity contribution in [3.8, 4) is 5.75 Å². The van der Waals surface area contributed by atoms with Crippen LogP contribution < -0.4 is 10.1 Å². The molecule has 5 nitrogen and oxygen atoms in total. The van der Waals surface area contributed by atoms with Crippen LogP contribution >= 0.6 is 0 Å². The summed E-state index contributed by atoms with van der Waals surface area (Å²) < 4.78 is 45.6. The average molecular weight is 319 g/mol. The average Bonchev–Trinajstić information content (AvgIpc) is 2.82. The van der Waals surface area contributed by atoms with Gasteiger partial charge in [-0.1, -0.05) is 12.1 Å². The highest BCUT2D eigenvalue weighted by molar-refractivity contribution is 5.79. The van der Waals surface area contributed by atoms with Gasteiger partial charge in [0.1, 0.15) is 5.75 Å². The third kappa shape index (κ3) is 5.19. The molecule has 2 N–H and O–H groups in total. The fourth-order valence-electron chi connectivity index (χ4n) is 1.99. The number of alkyl halides is 3. The number of halogens is 3. The Labute approximate surface area is 125 Å². The minimum Gasteiger partial charge on any atom is -0.484 e. The molecule has 1 heterocycles. The van der Waals surface area contributed by atoms with Crippen molar-refractivity contribution in [3.05, 3.63) is 29.8 Å². The molecule has 0 radical (unpaired) electrons. The smallest absolute Gasteiger partial charge is 0.422 e. The Bertz CT molecular complexity index is 504. The van der Waals surface area contributed by atoms with E-state index >= 15 is 0 Å². The van der Waals surface area contributed by atoms with Gasteiger partial charge in [0.15, 0.2) is 6.61 Å². The summed E-state index contributed by atoms with van der Waals surface area (Å²) in [5.74, 6) is -0.209. The molecule has 1 aromatic carbocycles. The number of benzene rings is 1. The Kier molecular flexibility index (Phi) is 5.25. The molecule has 2 atom stereocenters. The van der Waals surface area contributed by atoms with E-state index in [2.05, 4.69) is 10.1 Å². The summed E-state index contributed by atoms with van der Waals surface area (Å²) in [4.78, 5) is 11.8. The summed E-state index contributed by atoms with van der Waals surface area (Å²) in [6.45, 7) is -0.903. The summed E-state index contributed by atoms with van der Waals surface area (Å²) in [5, 5.41) is 12.2. The second-order valence-electron chi connectivity index (χ2n) is 5.00. The number of ether oxygens (including phenoxy) is 2. The van der Waals surface area contributed by atoms with Crippen molar-refractivity contribution >= 4 is 5.91 Å². The van der Waals surface area contributed by atoms with Crippen LogP contribution in [0.25, 0.3) is 0 Å². The Hall–Kier alpha value is -1.80. The standard InChI is InChI=1S/C14H16F3NO4/c15-14(16,17)8-22-10-3-1-9(2-4-10)5-13(20)18-11-6-21-7-12(11)19/h1-4,11-12,19H,5-8H2,(H,18,20)/t11-,12+/m0/s1. The van der Waals surface area contributed by atoms with Crippen LogP contribution in [0.15, 0.2) is 24.3 Å². The van der Waals surface area contributed by atoms with E-state index in [-0.39, 0.29) is 31.3 Å². The number of rotatable bonds is 5. The molecule has 8 heteroatoms. The Morgan fingerprint density at radius 3 is 2.55 bits per heavy atom. The lowest BCUT2D eigenvalue weighted by Crippen LogP contribution is -2.43. The monoisotopic (exact) mass is 319 g/mol. The lowest BCUT2D eigenvalue weighted by molar-refractivity contribution is -0.153. The molecule has 122 valence electrons. The molecular formula is C14H16F3NO4. The number of carbonyl (C=O) groups is 1. The van der Waals surface area contributed by atoms with Crippen LogP contribution in [0, 0.1) is 0 Å². The van der Waals surface area contributed by atoms with Gasteiger partial charge < -0.3 is 19.9 Å². The van der Waals surface area contributed by atoms with Gasteiger partial charge in [-0.15, -0.1) is 0 Å². The van der Waals surface area contributed by atoms with Gasteiger partial charge in [-0.05, 0) is 17.7 Å². The maximum Gasteiger partial charge on any atom is 0.422 e. The second-order valence-corrected chi connectivity index (χ2v) is 5.00. The number of aliphatic hydroxyl groups is 1. The molecule has 0 aromatic heterocycles. The van der Waals surface area contributed by atoms with Crippen LogP contribution in [-0.2, 0) is 16.0 Å². The molecule has 0 aliphatic carbocycles. The first-order valence-electron chi connectivity index (χ1n) is 6.67. The molecule has 22 heavy (non-hydrogen) atoms. The first-order chi connectivity index (χ1) is 10.3. The Morgan fingerprint density at radius 2 is 2.00 bits per heavy atom. The molecule has 0 spiro atoms. The predicted molar refractivity (Wildman–Crippen MR) is 70.5 cm³/mol. The van der Waals surface area contributed by atoms with Crippen LogP contribution in [0.4, 0.5) is 13.2 Å². The van der Waals surface area contributed by atoms with E-state index < -0.39 is 24.9 Å². The third-order valence-corrected chi connectivity index (χ3v) is 3.09. The first kappa shape index (κ1) is 16.6. The number of hydrogen-bond donors (Lipinski definition) is 2. The summed E-state index contributed by atoms with van der Waals surface area (Å²) in [7, 11) is 0. The minimum absolute atomic E-state index is 0.0583. The molecule has 0 saturated carbocycles. The zero-order valence-electron chi connectivity index (χ0n) is 11.6. The van der Waals surface area contributed by atoms with Gasteiger partial charge in [-0.3, -0.25) is 4.79 Å². The molecule has 1 aromatic rings. The van der Waals surface area contributed by atoms with Gasteiger partial charge in [0.25, 0.3) is 0 Å². The van der Waals surface area contributed by atoms with E-state index in [1.165, 1.54) is 24.3 Å². The van der Waals surface area contributed by atoms with Crippen LogP contribution in [0.2, 0.25) is 0 Å². The number of carbonyl (C=O) groups excluding carboxylic acids is 1. The third-order valence-electron chi connectivity index (χ3n) is 3.09. The van der Waals surface area contributed by atoms with Gasteiger partial charge >= 0.3 is 6.18 Å². The highest BCUT2D eigenvalue weighted by atomic mass is 19.4. The Balaban J connectivity index is 1.81. The predicted octanol–water partition coefficient (Wildman–Crippen LogP) is 1.05. The normalized spacial score (nSPS) is 21.6. The van der Waals surface area contributed by atoms with Gasteiger partial charge in [-0.2, -0.15) is 13.2 Å². The van der Waals surface area contributed by atoms with E-state index in [0.717, 1.165) is 0 Å². The summed E-state index contributed by atoms with van der Waals surface area (Å²) >= 11 is 0. The highest BCUT2D eigenvalue weighted by Gasteiger charge is 2.28. The van der Waals surface area contributed by atoms with Gasteiger partial charge in [-0.25, -0.2) is 0 Å². The Morgan fingerprint density at radius 1 is 1.32 bits per heavy atom. The second kappa shape index (κ2) is 6.97. The maximum absolute atomic E-state index is 12.0. The van der Waals surface area contributed by atoms with Crippen molar-refractivity contribution in [3.63, 3.8) is 0 Å². The van der Waals surface area contributed by atoms with Gasteiger partial charge in [0.2, 0.25) is 5.91 Å². The number of nitrogens with one attached hydrogen (secondary N) is 1. The van der Waals surface area contributed by atoms with E-state index in [9.17, 15) is 23.1 Å². The number of aliphatic hydroxyl groups excluding tert-OH is 1. The lowest BCUT2D eigenvalue weighted by Gasteiger charge is -2.14. The summed E-state index contributed by atoms with van der Waals surface area (Å²) in [6, 6.07) is 5.37. The summed E-state index contributed by atoms with van der Waals surface area (Å²) in [6.07, 6.45) is -5.05. The quantitative estimate of drug-likeness (QED) is 0.851. The first-order valence-corrected chi connectivity index (χ1v) is 6.67. The molecule has 2 rings (SSSR count). The van der Waals surface area contributed by atoms with Crippen LogP contribution in [0.1, 0.15) is 5.56 Å². The molecule has 1 saturated heterocycles. The van der Waals surface area contributed by atoms with Crippen LogP contribution in [0.3, 0.4) is 0 Å². The SMILES string of the molecule is O=C(Cc1ccc(OCC(F)(F)F)cc1)N[C@H]1COC[C@H]1O. The van der Waals surface area contributed by atoms with Crippen molar-refractivity contribution in [1.29, 1.82) is 0 Å². The van der Waals surface area contributed by atoms with E-state index in [1.807, 2.05) is 0 Å². The lowest BCUT2D eigenvalue weighted by atomic mass is 10.1. The fourth-order valence-corrected chi connectivity index (χ4v) is 1.99. The fraction of sp³-hybridized carbons (Fsp3) is 0.500. The van der Waals surface area contributed by atoms with Crippen molar-refractivity contribution < 1.29 is 32.5 Å². The van der Waals surface area contributed by atoms with Crippen LogP contribution in [0.5, 0.6) is 5.75 Å². The molecule has 1 fully saturated rings. The van der Waals surface area contributed by atoms with Crippen molar-refractivity contribution in [2.75, 3.05) is 19.8 Å². The van der Waals surface area contributed by atoms with Crippen molar-refractivity contribution in [1.82, 2.24) is 5.32 Å². The van der Waals surface area contributed by atoms with Crippen molar-refractivity contribution in [2.45, 2.75) is 24.7 Å². The highest BCUT2D eigenvalue weighted by Crippen LogP contribution is 2.19. The summed E-state index contributed by atoms with van der Waals surface area (Å²) in [5.41, 5.74) is 0.630. The molecular weight excluding hydrogens is 303 g/mol. The maximum atomic E-state index is 12.0. The zero-order valence-corrected chi connectivity index (χ0v) is 11.6. The molecule has 1 amide bonds. The van der Waals surface area contributed by atoms with E-state index in [0.29, 0.717) is 5.56 Å². The zero-order chi connectivity index (χ0) is 16.2. The number of hydrogen-bond acceptors (Lipinski definition) is 4. The molecule has 0 unspecified atom stereocenters.